The van der Waals surface area contributed by atoms with Crippen LogP contribution in [0.1, 0.15) is 36.0 Å². The van der Waals surface area contributed by atoms with Gasteiger partial charge >= 0.3 is 0 Å². The van der Waals surface area contributed by atoms with Crippen LogP contribution in [0.25, 0.3) is 0 Å². The van der Waals surface area contributed by atoms with Crippen molar-refractivity contribution in [3.8, 4) is 0 Å². The number of benzene rings is 1. The summed E-state index contributed by atoms with van der Waals surface area (Å²) >= 11 is 1.74. The Bertz CT molecular complexity index is 620. The molecular formula is C17H21N3OS. The lowest BCUT2D eigenvalue weighted by atomic mass is 10.0. The quantitative estimate of drug-likeness (QED) is 0.933. The molecule has 0 radical (unpaired) electrons. The fourth-order valence-corrected chi connectivity index (χ4v) is 4.05. The zero-order valence-electron chi connectivity index (χ0n) is 12.7. The SMILES string of the molecule is c1cc2c(cc1C1=NNC(=NC[C@@H]3CCCO3)SC1)CCC2. The van der Waals surface area contributed by atoms with Crippen LogP contribution in [-0.2, 0) is 17.6 Å². The molecule has 0 saturated carbocycles. The van der Waals surface area contributed by atoms with Crippen LogP contribution in [0, 0.1) is 0 Å². The summed E-state index contributed by atoms with van der Waals surface area (Å²) in [6.07, 6.45) is 6.33. The first kappa shape index (κ1) is 14.3. The van der Waals surface area contributed by atoms with Crippen LogP contribution in [0.4, 0.5) is 0 Å². The molecule has 2 heterocycles. The second-order valence-electron chi connectivity index (χ2n) is 6.08. The molecule has 4 nitrogen and oxygen atoms in total. The predicted molar refractivity (Wildman–Crippen MR) is 91.9 cm³/mol. The van der Waals surface area contributed by atoms with Crippen molar-refractivity contribution in [1.29, 1.82) is 0 Å². The van der Waals surface area contributed by atoms with E-state index in [-0.39, 0.29) is 0 Å². The molecular weight excluding hydrogens is 294 g/mol. The Balaban J connectivity index is 1.41. The highest BCUT2D eigenvalue weighted by Gasteiger charge is 2.18. The Morgan fingerprint density at radius 1 is 1.27 bits per heavy atom. The maximum atomic E-state index is 5.60. The highest BCUT2D eigenvalue weighted by atomic mass is 32.2. The number of aryl methyl sites for hydroxylation is 2. The van der Waals surface area contributed by atoms with Gasteiger partial charge in [-0.2, -0.15) is 5.10 Å². The van der Waals surface area contributed by atoms with E-state index >= 15 is 0 Å². The average molecular weight is 315 g/mol. The van der Waals surface area contributed by atoms with Crippen molar-refractivity contribution in [2.45, 2.75) is 38.2 Å². The number of nitrogens with one attached hydrogen (secondary N) is 1. The van der Waals surface area contributed by atoms with Gasteiger partial charge in [0, 0.05) is 12.4 Å². The van der Waals surface area contributed by atoms with Gasteiger partial charge in [0.25, 0.3) is 0 Å². The normalized spacial score (nSPS) is 25.9. The first-order valence-corrected chi connectivity index (χ1v) is 9.11. The van der Waals surface area contributed by atoms with E-state index in [9.17, 15) is 0 Å². The van der Waals surface area contributed by atoms with Crippen molar-refractivity contribution in [2.75, 3.05) is 18.9 Å². The number of hydrogen-bond donors (Lipinski definition) is 1. The van der Waals surface area contributed by atoms with E-state index in [4.69, 9.17) is 4.74 Å². The van der Waals surface area contributed by atoms with E-state index in [0.717, 1.165) is 42.6 Å². The number of fused-ring (bicyclic) bond motifs is 1. The third-order valence-corrected chi connectivity index (χ3v) is 5.44. The second kappa shape index (κ2) is 6.42. The smallest absolute Gasteiger partial charge is 0.177 e. The molecule has 4 rings (SSSR count). The summed E-state index contributed by atoms with van der Waals surface area (Å²) in [6.45, 7) is 1.63. The third kappa shape index (κ3) is 3.06. The summed E-state index contributed by atoms with van der Waals surface area (Å²) in [5, 5.41) is 5.44. The van der Waals surface area contributed by atoms with Gasteiger partial charge in [0.1, 0.15) is 0 Å². The van der Waals surface area contributed by atoms with Gasteiger partial charge < -0.3 is 4.74 Å². The summed E-state index contributed by atoms with van der Waals surface area (Å²) in [5.74, 6) is 0.885. The minimum Gasteiger partial charge on any atom is -0.376 e. The first-order valence-electron chi connectivity index (χ1n) is 8.12. The van der Waals surface area contributed by atoms with Crippen LogP contribution >= 0.6 is 11.8 Å². The first-order chi connectivity index (χ1) is 10.9. The van der Waals surface area contributed by atoms with Crippen LogP contribution in [0.15, 0.2) is 28.3 Å². The van der Waals surface area contributed by atoms with Crippen LogP contribution in [0.5, 0.6) is 0 Å². The maximum absolute atomic E-state index is 5.60. The van der Waals surface area contributed by atoms with Crippen molar-refractivity contribution < 1.29 is 4.74 Å². The van der Waals surface area contributed by atoms with Gasteiger partial charge in [-0.3, -0.25) is 10.4 Å². The Kier molecular flexibility index (Phi) is 4.17. The lowest BCUT2D eigenvalue weighted by molar-refractivity contribution is 0.118. The highest BCUT2D eigenvalue weighted by Crippen LogP contribution is 2.24. The van der Waals surface area contributed by atoms with E-state index in [2.05, 4.69) is 33.7 Å². The number of nitrogens with zero attached hydrogens (tertiary/aromatic N) is 2. The van der Waals surface area contributed by atoms with E-state index in [0.29, 0.717) is 6.10 Å². The van der Waals surface area contributed by atoms with Gasteiger partial charge in [0.05, 0.1) is 18.4 Å². The van der Waals surface area contributed by atoms with Crippen molar-refractivity contribution >= 4 is 22.6 Å². The number of rotatable bonds is 3. The van der Waals surface area contributed by atoms with E-state index < -0.39 is 0 Å². The number of hydrogen-bond acceptors (Lipinski definition) is 4. The number of hydrazone groups is 1. The third-order valence-electron chi connectivity index (χ3n) is 4.53. The Morgan fingerprint density at radius 2 is 2.23 bits per heavy atom. The number of ether oxygens (including phenoxy) is 1. The minimum absolute atomic E-state index is 0.303. The Hall–Kier alpha value is -1.33. The molecule has 1 atom stereocenters. The Labute approximate surface area is 135 Å². The monoisotopic (exact) mass is 315 g/mol. The number of thioether (sulfide) groups is 1. The molecule has 1 aromatic carbocycles. The van der Waals surface area contributed by atoms with Gasteiger partial charge in [-0.15, -0.1) is 0 Å². The highest BCUT2D eigenvalue weighted by molar-refractivity contribution is 8.14. The van der Waals surface area contributed by atoms with Gasteiger partial charge in [0.15, 0.2) is 5.17 Å². The van der Waals surface area contributed by atoms with Gasteiger partial charge in [0.2, 0.25) is 0 Å². The van der Waals surface area contributed by atoms with Crippen LogP contribution in [0.3, 0.4) is 0 Å². The molecule has 0 spiro atoms. The average Bonchev–Trinajstić information content (AvgIpc) is 3.24. The predicted octanol–water partition coefficient (Wildman–Crippen LogP) is 2.75. The number of aliphatic imine (C=N–C) groups is 1. The van der Waals surface area contributed by atoms with Crippen molar-refractivity contribution in [2.24, 2.45) is 10.1 Å². The van der Waals surface area contributed by atoms with Crippen LogP contribution < -0.4 is 5.43 Å². The summed E-state index contributed by atoms with van der Waals surface area (Å²) in [5.41, 5.74) is 8.49. The molecule has 1 aromatic rings. The Morgan fingerprint density at radius 3 is 3.05 bits per heavy atom. The van der Waals surface area contributed by atoms with Crippen molar-refractivity contribution in [3.63, 3.8) is 0 Å². The lowest BCUT2D eigenvalue weighted by Gasteiger charge is -2.16. The minimum atomic E-state index is 0.303. The molecule has 22 heavy (non-hydrogen) atoms. The lowest BCUT2D eigenvalue weighted by Crippen LogP contribution is -2.26. The molecule has 0 aromatic heterocycles. The van der Waals surface area contributed by atoms with E-state index in [1.54, 1.807) is 11.8 Å². The van der Waals surface area contributed by atoms with Gasteiger partial charge in [-0.05, 0) is 54.9 Å². The number of amidine groups is 1. The topological polar surface area (TPSA) is 46.0 Å². The zero-order chi connectivity index (χ0) is 14.8. The summed E-state index contributed by atoms with van der Waals surface area (Å²) in [7, 11) is 0. The standard InChI is InChI=1S/C17H21N3OS/c1-3-12-6-7-14(9-13(12)4-1)16-11-22-17(20-19-16)18-10-15-5-2-8-21-15/h6-7,9,15H,1-5,8,10-11H2,(H,18,20)/t15-/m0/s1. The van der Waals surface area contributed by atoms with Crippen molar-refractivity contribution in [3.05, 3.63) is 34.9 Å². The van der Waals surface area contributed by atoms with Crippen molar-refractivity contribution in [1.82, 2.24) is 5.43 Å². The molecule has 1 N–H and O–H groups in total. The summed E-state index contributed by atoms with van der Waals surface area (Å²) in [4.78, 5) is 4.59. The molecule has 0 unspecified atom stereocenters. The molecule has 1 saturated heterocycles. The molecule has 0 bridgehead atoms. The summed E-state index contributed by atoms with van der Waals surface area (Å²) < 4.78 is 5.60. The second-order valence-corrected chi connectivity index (χ2v) is 7.04. The van der Waals surface area contributed by atoms with Crippen LogP contribution in [0.2, 0.25) is 0 Å². The fraction of sp³-hybridized carbons (Fsp3) is 0.529. The fourth-order valence-electron chi connectivity index (χ4n) is 3.27. The molecule has 1 aliphatic carbocycles. The molecule has 116 valence electrons. The maximum Gasteiger partial charge on any atom is 0.177 e. The zero-order valence-corrected chi connectivity index (χ0v) is 13.5. The molecule has 5 heteroatoms. The van der Waals surface area contributed by atoms with E-state index in [1.807, 2.05) is 0 Å². The van der Waals surface area contributed by atoms with Crippen LogP contribution in [-0.4, -0.2) is 35.9 Å². The molecule has 1 fully saturated rings. The summed E-state index contributed by atoms with van der Waals surface area (Å²) in [6, 6.07) is 6.80. The molecule has 3 aliphatic rings. The van der Waals surface area contributed by atoms with Gasteiger partial charge in [-0.1, -0.05) is 23.9 Å². The largest absolute Gasteiger partial charge is 0.376 e. The molecule has 0 amide bonds. The van der Waals surface area contributed by atoms with E-state index in [1.165, 1.54) is 36.0 Å². The molecule has 2 aliphatic heterocycles. The van der Waals surface area contributed by atoms with Gasteiger partial charge in [-0.25, -0.2) is 0 Å².